The van der Waals surface area contributed by atoms with E-state index in [1.165, 1.54) is 57.8 Å². The minimum absolute atomic E-state index is 0.0665. The standard InChI is InChI=1S/C23H38O2/c1-3-5-7-9-10-11-12-13-14-15-16-18-20-22-25-23(24)21-19-17-8-6-4-2/h3-12,17-22H2,1-2H3. The summed E-state index contributed by atoms with van der Waals surface area (Å²) in [5, 5.41) is 0. The molecule has 0 aromatic carbocycles. The van der Waals surface area contributed by atoms with Crippen molar-refractivity contribution in [1.82, 2.24) is 0 Å². The van der Waals surface area contributed by atoms with Gasteiger partial charge in [-0.05, 0) is 31.1 Å². The highest BCUT2D eigenvalue weighted by atomic mass is 16.5. The summed E-state index contributed by atoms with van der Waals surface area (Å²) in [4.78, 5) is 11.5. The fourth-order valence-corrected chi connectivity index (χ4v) is 2.50. The van der Waals surface area contributed by atoms with Crippen molar-refractivity contribution in [3.05, 3.63) is 0 Å². The van der Waals surface area contributed by atoms with Crippen molar-refractivity contribution in [3.8, 4) is 23.7 Å². The van der Waals surface area contributed by atoms with Crippen molar-refractivity contribution in [2.24, 2.45) is 0 Å². The zero-order valence-corrected chi connectivity index (χ0v) is 16.6. The summed E-state index contributed by atoms with van der Waals surface area (Å²) in [6, 6.07) is 0. The number of hydrogen-bond acceptors (Lipinski definition) is 2. The molecule has 0 spiro atoms. The van der Waals surface area contributed by atoms with E-state index in [-0.39, 0.29) is 5.97 Å². The highest BCUT2D eigenvalue weighted by molar-refractivity contribution is 5.69. The summed E-state index contributed by atoms with van der Waals surface area (Å²) in [5.41, 5.74) is 0. The van der Waals surface area contributed by atoms with Gasteiger partial charge in [-0.1, -0.05) is 83.5 Å². The third kappa shape index (κ3) is 20.5. The lowest BCUT2D eigenvalue weighted by Gasteiger charge is -2.03. The molecule has 0 saturated carbocycles. The molecule has 0 aliphatic rings. The molecular weight excluding hydrogens is 308 g/mol. The van der Waals surface area contributed by atoms with E-state index in [2.05, 4.69) is 37.5 Å². The normalized spacial score (nSPS) is 9.68. The van der Waals surface area contributed by atoms with Crippen molar-refractivity contribution in [2.45, 2.75) is 110 Å². The fraction of sp³-hybridized carbons (Fsp3) is 0.783. The van der Waals surface area contributed by atoms with Gasteiger partial charge in [0.2, 0.25) is 0 Å². The lowest BCUT2D eigenvalue weighted by molar-refractivity contribution is -0.143. The Hall–Kier alpha value is -1.41. The van der Waals surface area contributed by atoms with Crippen LogP contribution in [0.4, 0.5) is 0 Å². The highest BCUT2D eigenvalue weighted by Gasteiger charge is 2.01. The molecule has 0 bridgehead atoms. The molecule has 0 unspecified atom stereocenters. The van der Waals surface area contributed by atoms with Crippen molar-refractivity contribution >= 4 is 5.97 Å². The van der Waals surface area contributed by atoms with Crippen LogP contribution in [0.5, 0.6) is 0 Å². The maximum atomic E-state index is 11.5. The van der Waals surface area contributed by atoms with Crippen LogP contribution in [0.15, 0.2) is 0 Å². The minimum Gasteiger partial charge on any atom is -0.466 e. The molecule has 0 aromatic rings. The van der Waals surface area contributed by atoms with E-state index in [1.807, 2.05) is 0 Å². The Balaban J connectivity index is 3.39. The first kappa shape index (κ1) is 23.6. The quantitative estimate of drug-likeness (QED) is 0.194. The van der Waals surface area contributed by atoms with Crippen LogP contribution in [0.1, 0.15) is 110 Å². The average molecular weight is 347 g/mol. The predicted molar refractivity (Wildman–Crippen MR) is 107 cm³/mol. The number of rotatable bonds is 15. The summed E-state index contributed by atoms with van der Waals surface area (Å²) >= 11 is 0. The van der Waals surface area contributed by atoms with Crippen LogP contribution in [0.3, 0.4) is 0 Å². The van der Waals surface area contributed by atoms with Gasteiger partial charge in [-0.2, -0.15) is 0 Å². The van der Waals surface area contributed by atoms with Gasteiger partial charge in [0.25, 0.3) is 0 Å². The van der Waals surface area contributed by atoms with Crippen LogP contribution in [-0.2, 0) is 9.53 Å². The Morgan fingerprint density at radius 3 is 1.84 bits per heavy atom. The zero-order valence-electron chi connectivity index (χ0n) is 16.6. The summed E-state index contributed by atoms with van der Waals surface area (Å²) in [6.07, 6.45) is 16.7. The predicted octanol–water partition coefficient (Wildman–Crippen LogP) is 6.43. The highest BCUT2D eigenvalue weighted by Crippen LogP contribution is 2.06. The molecule has 0 saturated heterocycles. The molecule has 0 aliphatic heterocycles. The molecule has 0 fully saturated rings. The van der Waals surface area contributed by atoms with Crippen molar-refractivity contribution in [3.63, 3.8) is 0 Å². The van der Waals surface area contributed by atoms with E-state index < -0.39 is 0 Å². The first-order chi connectivity index (χ1) is 12.3. The molecule has 2 heteroatoms. The molecule has 0 radical (unpaired) electrons. The molecule has 0 aromatic heterocycles. The molecule has 25 heavy (non-hydrogen) atoms. The van der Waals surface area contributed by atoms with Crippen molar-refractivity contribution < 1.29 is 9.53 Å². The van der Waals surface area contributed by atoms with Gasteiger partial charge in [0.1, 0.15) is 0 Å². The molecule has 0 atom stereocenters. The molecule has 0 rings (SSSR count). The van der Waals surface area contributed by atoms with E-state index >= 15 is 0 Å². The van der Waals surface area contributed by atoms with E-state index in [1.54, 1.807) is 0 Å². The van der Waals surface area contributed by atoms with Gasteiger partial charge in [-0.15, -0.1) is 0 Å². The van der Waals surface area contributed by atoms with E-state index in [0.29, 0.717) is 13.0 Å². The second kappa shape index (κ2) is 20.6. The first-order valence-electron chi connectivity index (χ1n) is 10.4. The Morgan fingerprint density at radius 1 is 0.680 bits per heavy atom. The van der Waals surface area contributed by atoms with Gasteiger partial charge >= 0.3 is 5.97 Å². The maximum Gasteiger partial charge on any atom is 0.305 e. The Labute approximate surface area is 156 Å². The first-order valence-corrected chi connectivity index (χ1v) is 10.4. The summed E-state index contributed by atoms with van der Waals surface area (Å²) < 4.78 is 5.21. The minimum atomic E-state index is -0.0665. The topological polar surface area (TPSA) is 26.3 Å². The molecule has 2 nitrogen and oxygen atoms in total. The molecule has 0 heterocycles. The number of hydrogen-bond donors (Lipinski definition) is 0. The van der Waals surface area contributed by atoms with Crippen LogP contribution in [0.2, 0.25) is 0 Å². The molecule has 0 aliphatic carbocycles. The number of carbonyl (C=O) groups excluding carboxylic acids is 1. The smallest absolute Gasteiger partial charge is 0.305 e. The van der Waals surface area contributed by atoms with Crippen molar-refractivity contribution in [1.29, 1.82) is 0 Å². The lowest BCUT2D eigenvalue weighted by atomic mass is 10.1. The maximum absolute atomic E-state index is 11.5. The van der Waals surface area contributed by atoms with Gasteiger partial charge in [-0.3, -0.25) is 4.79 Å². The molecule has 142 valence electrons. The Morgan fingerprint density at radius 2 is 1.20 bits per heavy atom. The van der Waals surface area contributed by atoms with Crippen LogP contribution in [0.25, 0.3) is 0 Å². The largest absolute Gasteiger partial charge is 0.466 e. The van der Waals surface area contributed by atoms with Crippen LogP contribution < -0.4 is 0 Å². The van der Waals surface area contributed by atoms with Gasteiger partial charge in [0.05, 0.1) is 6.61 Å². The monoisotopic (exact) mass is 346 g/mol. The van der Waals surface area contributed by atoms with E-state index in [4.69, 9.17) is 4.74 Å². The second-order valence-electron chi connectivity index (χ2n) is 6.61. The Kier molecular flexibility index (Phi) is 19.5. The van der Waals surface area contributed by atoms with Gasteiger partial charge in [0, 0.05) is 19.3 Å². The van der Waals surface area contributed by atoms with Crippen molar-refractivity contribution in [2.75, 3.05) is 6.61 Å². The lowest BCUT2D eigenvalue weighted by Crippen LogP contribution is -2.05. The third-order valence-electron chi connectivity index (χ3n) is 4.09. The molecule has 0 N–H and O–H groups in total. The number of ether oxygens (including phenoxy) is 1. The number of carbonyl (C=O) groups is 1. The molecular formula is C23H38O2. The van der Waals surface area contributed by atoms with Gasteiger partial charge in [-0.25, -0.2) is 0 Å². The van der Waals surface area contributed by atoms with Crippen LogP contribution >= 0.6 is 0 Å². The summed E-state index contributed by atoms with van der Waals surface area (Å²) in [7, 11) is 0. The summed E-state index contributed by atoms with van der Waals surface area (Å²) in [6.45, 7) is 4.91. The fourth-order valence-electron chi connectivity index (χ4n) is 2.50. The third-order valence-corrected chi connectivity index (χ3v) is 4.09. The van der Waals surface area contributed by atoms with E-state index in [9.17, 15) is 4.79 Å². The Bertz CT molecular complexity index is 417. The SMILES string of the molecule is CCCCCCCCC#CC#CCCCOC(=O)CCCCCCC. The number of unbranched alkanes of at least 4 members (excludes halogenated alkanes) is 11. The van der Waals surface area contributed by atoms with Crippen LogP contribution in [-0.4, -0.2) is 12.6 Å². The van der Waals surface area contributed by atoms with Gasteiger partial charge < -0.3 is 4.74 Å². The number of esters is 1. The van der Waals surface area contributed by atoms with Crippen LogP contribution in [0, 0.1) is 23.7 Å². The molecule has 0 amide bonds. The van der Waals surface area contributed by atoms with E-state index in [0.717, 1.165) is 32.1 Å². The average Bonchev–Trinajstić information content (AvgIpc) is 2.62. The van der Waals surface area contributed by atoms with Gasteiger partial charge in [0.15, 0.2) is 0 Å². The second-order valence-corrected chi connectivity index (χ2v) is 6.61. The zero-order chi connectivity index (χ0) is 18.4. The summed E-state index contributed by atoms with van der Waals surface area (Å²) in [5.74, 6) is 11.9.